The molecule has 0 spiro atoms. The van der Waals surface area contributed by atoms with Crippen molar-refractivity contribution in [3.63, 3.8) is 0 Å². The molecule has 2 aliphatic rings. The summed E-state index contributed by atoms with van der Waals surface area (Å²) in [5.41, 5.74) is 0. The minimum atomic E-state index is -3.83. The lowest BCUT2D eigenvalue weighted by Crippen LogP contribution is -2.54. The summed E-state index contributed by atoms with van der Waals surface area (Å²) in [4.78, 5) is 29.0. The average molecular weight is 462 g/mol. The molecule has 0 unspecified atom stereocenters. The number of piperidine rings is 1. The molecule has 2 amide bonds. The Morgan fingerprint density at radius 2 is 2.07 bits per heavy atom. The van der Waals surface area contributed by atoms with Crippen molar-refractivity contribution in [2.75, 3.05) is 26.2 Å². The summed E-state index contributed by atoms with van der Waals surface area (Å²) >= 11 is 7.08. The first-order valence-corrected chi connectivity index (χ1v) is 12.2. The third kappa shape index (κ3) is 5.79. The van der Waals surface area contributed by atoms with Crippen LogP contribution in [0.2, 0.25) is 4.34 Å². The number of nitrogens with one attached hydrogen (secondary N) is 1. The van der Waals surface area contributed by atoms with Crippen LogP contribution in [-0.2, 0) is 19.6 Å². The van der Waals surface area contributed by atoms with Crippen molar-refractivity contribution in [2.24, 2.45) is 0 Å². The fourth-order valence-electron chi connectivity index (χ4n) is 3.63. The highest BCUT2D eigenvalue weighted by Crippen LogP contribution is 2.23. The number of carbonyl (C=O) groups is 2. The molecule has 0 bridgehead atoms. The molecular formula is C18H24ClN3O5S2. The smallest absolute Gasteiger partial charge is 0.242 e. The third-order valence-electron chi connectivity index (χ3n) is 5.08. The second-order valence-electron chi connectivity index (χ2n) is 7.13. The summed E-state index contributed by atoms with van der Waals surface area (Å²) in [7, 11) is -3.83. The van der Waals surface area contributed by atoms with Crippen LogP contribution in [0, 0.1) is 0 Å². The van der Waals surface area contributed by atoms with Crippen LogP contribution >= 0.6 is 22.9 Å². The van der Waals surface area contributed by atoms with Crippen molar-refractivity contribution >= 4 is 50.9 Å². The van der Waals surface area contributed by atoms with Gasteiger partial charge in [-0.05, 0) is 43.9 Å². The van der Waals surface area contributed by atoms with E-state index in [0.29, 0.717) is 35.1 Å². The number of amides is 2. The van der Waals surface area contributed by atoms with Crippen molar-refractivity contribution < 1.29 is 23.1 Å². The molecule has 0 aliphatic carbocycles. The monoisotopic (exact) mass is 461 g/mol. The van der Waals surface area contributed by atoms with E-state index in [9.17, 15) is 23.1 Å². The van der Waals surface area contributed by atoms with Crippen LogP contribution in [0.4, 0.5) is 0 Å². The standard InChI is InChI=1S/C18H24ClN3O5S2/c19-16-6-5-14(28-16)7-10-29(26,27)20-15-4-2-8-21(18(15)25)11-17(24)22-9-1-3-13(22)12-23/h5-7,10,13,15,20,23H,1-4,8-9,11-12H2/t13-,15-/m0/s1. The summed E-state index contributed by atoms with van der Waals surface area (Å²) in [6.45, 7) is 0.782. The average Bonchev–Trinajstić information content (AvgIpc) is 3.32. The summed E-state index contributed by atoms with van der Waals surface area (Å²) in [6.07, 6.45) is 3.98. The van der Waals surface area contributed by atoms with Crippen molar-refractivity contribution in [1.82, 2.24) is 14.5 Å². The first kappa shape index (κ1) is 22.2. The van der Waals surface area contributed by atoms with Gasteiger partial charge < -0.3 is 14.9 Å². The van der Waals surface area contributed by atoms with Crippen LogP contribution in [0.15, 0.2) is 17.5 Å². The number of aliphatic hydroxyl groups is 1. The number of thiophene rings is 1. The van der Waals surface area contributed by atoms with Gasteiger partial charge >= 0.3 is 0 Å². The lowest BCUT2D eigenvalue weighted by molar-refractivity contribution is -0.143. The molecule has 1 aromatic rings. The quantitative estimate of drug-likeness (QED) is 0.635. The van der Waals surface area contributed by atoms with Gasteiger partial charge in [0.15, 0.2) is 0 Å². The Morgan fingerprint density at radius 1 is 1.31 bits per heavy atom. The first-order chi connectivity index (χ1) is 13.8. The third-order valence-corrected chi connectivity index (χ3v) is 7.38. The van der Waals surface area contributed by atoms with Gasteiger partial charge in [0.2, 0.25) is 21.8 Å². The molecule has 2 atom stereocenters. The number of hydrogen-bond donors (Lipinski definition) is 2. The van der Waals surface area contributed by atoms with Crippen LogP contribution in [0.5, 0.6) is 0 Å². The molecule has 29 heavy (non-hydrogen) atoms. The molecule has 11 heteroatoms. The van der Waals surface area contributed by atoms with Crippen molar-refractivity contribution in [2.45, 2.75) is 37.8 Å². The van der Waals surface area contributed by atoms with Crippen molar-refractivity contribution in [3.8, 4) is 0 Å². The van der Waals surface area contributed by atoms with Crippen LogP contribution in [0.25, 0.3) is 6.08 Å². The molecule has 160 valence electrons. The molecule has 2 fully saturated rings. The highest BCUT2D eigenvalue weighted by Gasteiger charge is 2.35. The van der Waals surface area contributed by atoms with Gasteiger partial charge in [-0.15, -0.1) is 11.3 Å². The molecular weight excluding hydrogens is 438 g/mol. The van der Waals surface area contributed by atoms with E-state index in [4.69, 9.17) is 11.6 Å². The fourth-order valence-corrected chi connectivity index (χ4v) is 5.70. The van der Waals surface area contributed by atoms with E-state index in [1.807, 2.05) is 0 Å². The molecule has 2 N–H and O–H groups in total. The van der Waals surface area contributed by atoms with Gasteiger partial charge in [0.1, 0.15) is 6.04 Å². The van der Waals surface area contributed by atoms with Crippen molar-refractivity contribution in [3.05, 3.63) is 26.8 Å². The molecule has 0 saturated carbocycles. The van der Waals surface area contributed by atoms with E-state index in [1.165, 1.54) is 22.3 Å². The molecule has 3 rings (SSSR count). The molecule has 1 aromatic heterocycles. The van der Waals surface area contributed by atoms with Gasteiger partial charge in [0, 0.05) is 23.4 Å². The Hall–Kier alpha value is -1.46. The summed E-state index contributed by atoms with van der Waals surface area (Å²) in [5.74, 6) is -0.617. The maximum absolute atomic E-state index is 12.7. The van der Waals surface area contributed by atoms with Gasteiger partial charge in [0.05, 0.1) is 23.5 Å². The maximum Gasteiger partial charge on any atom is 0.242 e. The Labute approximate surface area is 179 Å². The number of halogens is 1. The molecule has 0 radical (unpaired) electrons. The zero-order chi connectivity index (χ0) is 21.0. The van der Waals surface area contributed by atoms with Crippen molar-refractivity contribution in [1.29, 1.82) is 0 Å². The van der Waals surface area contributed by atoms with E-state index in [-0.39, 0.29) is 25.1 Å². The molecule has 8 nitrogen and oxygen atoms in total. The second kappa shape index (κ2) is 9.57. The first-order valence-electron chi connectivity index (χ1n) is 9.44. The lowest BCUT2D eigenvalue weighted by atomic mass is 10.1. The predicted octanol–water partition coefficient (Wildman–Crippen LogP) is 1.27. The SMILES string of the molecule is O=C1[C@@H](NS(=O)(=O)C=Cc2ccc(Cl)s2)CCCN1CC(=O)N1CCC[C@H]1CO. The minimum Gasteiger partial charge on any atom is -0.394 e. The van der Waals surface area contributed by atoms with Crippen LogP contribution in [0.1, 0.15) is 30.6 Å². The van der Waals surface area contributed by atoms with Gasteiger partial charge in [-0.3, -0.25) is 9.59 Å². The summed E-state index contributed by atoms with van der Waals surface area (Å²) in [5, 5.41) is 10.4. The number of aliphatic hydroxyl groups excluding tert-OH is 1. The van der Waals surface area contributed by atoms with E-state index in [1.54, 1.807) is 17.0 Å². The Balaban J connectivity index is 1.60. The highest BCUT2D eigenvalue weighted by atomic mass is 35.5. The molecule has 2 saturated heterocycles. The van der Waals surface area contributed by atoms with Crippen LogP contribution < -0.4 is 4.72 Å². The van der Waals surface area contributed by atoms with E-state index in [0.717, 1.165) is 18.2 Å². The number of carbonyl (C=O) groups excluding carboxylic acids is 2. The fraction of sp³-hybridized carbons (Fsp3) is 0.556. The van der Waals surface area contributed by atoms with E-state index in [2.05, 4.69) is 4.72 Å². The number of nitrogens with zero attached hydrogens (tertiary/aromatic N) is 2. The summed E-state index contributed by atoms with van der Waals surface area (Å²) in [6, 6.07) is 2.28. The van der Waals surface area contributed by atoms with Gasteiger partial charge in [-0.25, -0.2) is 8.42 Å². The molecule has 0 aromatic carbocycles. The number of sulfonamides is 1. The van der Waals surface area contributed by atoms with E-state index < -0.39 is 22.0 Å². The van der Waals surface area contributed by atoms with Gasteiger partial charge in [-0.1, -0.05) is 11.6 Å². The topological polar surface area (TPSA) is 107 Å². The normalized spacial score (nSPS) is 23.3. The van der Waals surface area contributed by atoms with Gasteiger partial charge in [-0.2, -0.15) is 4.72 Å². The largest absolute Gasteiger partial charge is 0.394 e. The summed E-state index contributed by atoms with van der Waals surface area (Å²) < 4.78 is 27.7. The Morgan fingerprint density at radius 3 is 2.76 bits per heavy atom. The highest BCUT2D eigenvalue weighted by molar-refractivity contribution is 7.92. The van der Waals surface area contributed by atoms with E-state index >= 15 is 0 Å². The van der Waals surface area contributed by atoms with Crippen LogP contribution in [0.3, 0.4) is 0 Å². The maximum atomic E-state index is 12.7. The molecule has 3 heterocycles. The lowest BCUT2D eigenvalue weighted by Gasteiger charge is -2.33. The number of hydrogen-bond acceptors (Lipinski definition) is 6. The number of rotatable bonds is 7. The van der Waals surface area contributed by atoms with Gasteiger partial charge in [0.25, 0.3) is 0 Å². The Kier molecular flexibility index (Phi) is 7.33. The molecule has 2 aliphatic heterocycles. The van der Waals surface area contributed by atoms with Crippen LogP contribution in [-0.4, -0.2) is 73.5 Å². The zero-order valence-corrected chi connectivity index (χ0v) is 18.2. The Bertz CT molecular complexity index is 886. The number of likely N-dealkylation sites (tertiary alicyclic amines) is 2. The zero-order valence-electron chi connectivity index (χ0n) is 15.8. The second-order valence-corrected chi connectivity index (χ2v) is 10.5. The minimum absolute atomic E-state index is 0.0934. The predicted molar refractivity (Wildman–Crippen MR) is 112 cm³/mol.